The summed E-state index contributed by atoms with van der Waals surface area (Å²) in [5, 5.41) is -1.14. The van der Waals surface area contributed by atoms with E-state index in [-0.39, 0.29) is 17.9 Å². The lowest BCUT2D eigenvalue weighted by Gasteiger charge is -2.14. The van der Waals surface area contributed by atoms with Crippen LogP contribution in [0.2, 0.25) is 0 Å². The Labute approximate surface area is 120 Å². The number of alkyl halides is 3. The molecule has 0 radical (unpaired) electrons. The summed E-state index contributed by atoms with van der Waals surface area (Å²) in [7, 11) is -7.44. The SMILES string of the molecule is O=S1(=O)CCC(S(=O)(=O)Nc2cccc(C(F)(F)F)c2)C1. The van der Waals surface area contributed by atoms with E-state index in [0.29, 0.717) is 6.07 Å². The maximum Gasteiger partial charge on any atom is 0.416 e. The lowest BCUT2D eigenvalue weighted by Crippen LogP contribution is -2.28. The van der Waals surface area contributed by atoms with Crippen LogP contribution in [0.15, 0.2) is 24.3 Å². The fourth-order valence-electron chi connectivity index (χ4n) is 2.01. The molecule has 1 N–H and O–H groups in total. The van der Waals surface area contributed by atoms with E-state index in [1.54, 1.807) is 0 Å². The number of hydrogen-bond acceptors (Lipinski definition) is 4. The van der Waals surface area contributed by atoms with Crippen LogP contribution in [0, 0.1) is 0 Å². The molecule has 10 heteroatoms. The number of sulfonamides is 1. The van der Waals surface area contributed by atoms with Crippen molar-refractivity contribution in [3.8, 4) is 0 Å². The maximum atomic E-state index is 12.5. The largest absolute Gasteiger partial charge is 0.416 e. The predicted molar refractivity (Wildman–Crippen MR) is 71.0 cm³/mol. The summed E-state index contributed by atoms with van der Waals surface area (Å²) >= 11 is 0. The molecule has 0 amide bonds. The molecule has 0 bridgehead atoms. The number of halogens is 3. The van der Waals surface area contributed by atoms with Crippen molar-refractivity contribution in [2.24, 2.45) is 0 Å². The van der Waals surface area contributed by atoms with Gasteiger partial charge in [-0.25, -0.2) is 16.8 Å². The van der Waals surface area contributed by atoms with Crippen molar-refractivity contribution in [3.63, 3.8) is 0 Å². The van der Waals surface area contributed by atoms with E-state index in [2.05, 4.69) is 0 Å². The average molecular weight is 343 g/mol. The molecule has 1 aromatic rings. The Morgan fingerprint density at radius 1 is 1.24 bits per heavy atom. The summed E-state index contributed by atoms with van der Waals surface area (Å²) in [5.74, 6) is -0.748. The molecule has 1 aliphatic rings. The standard InChI is InChI=1S/C11H12F3NO4S2/c12-11(13,14)8-2-1-3-9(6-8)15-21(18,19)10-4-5-20(16,17)7-10/h1-3,6,10,15H,4-5,7H2. The van der Waals surface area contributed by atoms with Gasteiger partial charge in [0, 0.05) is 5.69 Å². The lowest BCUT2D eigenvalue weighted by molar-refractivity contribution is -0.137. The van der Waals surface area contributed by atoms with Gasteiger partial charge in [-0.15, -0.1) is 0 Å². The second kappa shape index (κ2) is 5.16. The first-order valence-electron chi connectivity index (χ1n) is 5.89. The van der Waals surface area contributed by atoms with Crippen molar-refractivity contribution < 1.29 is 30.0 Å². The molecular formula is C11H12F3NO4S2. The van der Waals surface area contributed by atoms with Crippen LogP contribution in [0.5, 0.6) is 0 Å². The highest BCUT2D eigenvalue weighted by Gasteiger charge is 2.37. The van der Waals surface area contributed by atoms with Crippen LogP contribution in [0.1, 0.15) is 12.0 Å². The van der Waals surface area contributed by atoms with Gasteiger partial charge in [-0.1, -0.05) is 6.07 Å². The maximum absolute atomic E-state index is 12.5. The van der Waals surface area contributed by atoms with Crippen LogP contribution in [-0.2, 0) is 26.0 Å². The van der Waals surface area contributed by atoms with E-state index in [1.807, 2.05) is 4.72 Å². The summed E-state index contributed by atoms with van der Waals surface area (Å²) in [6.45, 7) is 0. The second-order valence-corrected chi connectivity index (χ2v) is 8.94. The highest BCUT2D eigenvalue weighted by molar-refractivity contribution is 7.97. The molecule has 118 valence electrons. The van der Waals surface area contributed by atoms with E-state index in [1.165, 1.54) is 6.07 Å². The van der Waals surface area contributed by atoms with Gasteiger partial charge in [0.1, 0.15) is 0 Å². The van der Waals surface area contributed by atoms with Gasteiger partial charge < -0.3 is 0 Å². The number of benzene rings is 1. The smallest absolute Gasteiger partial charge is 0.283 e. The van der Waals surface area contributed by atoms with Gasteiger partial charge >= 0.3 is 6.18 Å². The van der Waals surface area contributed by atoms with Gasteiger partial charge in [-0.2, -0.15) is 13.2 Å². The molecule has 1 atom stereocenters. The molecule has 2 rings (SSSR count). The van der Waals surface area contributed by atoms with E-state index in [4.69, 9.17) is 0 Å². The monoisotopic (exact) mass is 343 g/mol. The zero-order valence-corrected chi connectivity index (χ0v) is 12.2. The highest BCUT2D eigenvalue weighted by Crippen LogP contribution is 2.31. The van der Waals surface area contributed by atoms with Gasteiger partial charge in [0.15, 0.2) is 9.84 Å². The molecule has 0 aliphatic carbocycles. The van der Waals surface area contributed by atoms with Crippen LogP contribution >= 0.6 is 0 Å². The quantitative estimate of drug-likeness (QED) is 0.905. The molecule has 1 heterocycles. The molecule has 1 saturated heterocycles. The molecule has 1 fully saturated rings. The highest BCUT2D eigenvalue weighted by atomic mass is 32.2. The third-order valence-electron chi connectivity index (χ3n) is 3.08. The van der Waals surface area contributed by atoms with Crippen molar-refractivity contribution in [2.45, 2.75) is 17.8 Å². The second-order valence-electron chi connectivity index (χ2n) is 4.75. The number of hydrogen-bond donors (Lipinski definition) is 1. The van der Waals surface area contributed by atoms with Crippen molar-refractivity contribution in [2.75, 3.05) is 16.2 Å². The van der Waals surface area contributed by atoms with Gasteiger partial charge in [0.2, 0.25) is 10.0 Å². The molecule has 5 nitrogen and oxygen atoms in total. The third kappa shape index (κ3) is 3.88. The molecule has 21 heavy (non-hydrogen) atoms. The van der Waals surface area contributed by atoms with E-state index >= 15 is 0 Å². The normalized spacial score (nSPS) is 22.1. The summed E-state index contributed by atoms with van der Waals surface area (Å²) in [6, 6.07) is 3.74. The van der Waals surface area contributed by atoms with Crippen LogP contribution in [-0.4, -0.2) is 33.6 Å². The zero-order chi connectivity index (χ0) is 15.9. The van der Waals surface area contributed by atoms with E-state index in [9.17, 15) is 30.0 Å². The Bertz CT molecular complexity index is 741. The number of sulfone groups is 1. The van der Waals surface area contributed by atoms with Crippen LogP contribution in [0.4, 0.5) is 18.9 Å². The summed E-state index contributed by atoms with van der Waals surface area (Å²) in [4.78, 5) is 0. The zero-order valence-electron chi connectivity index (χ0n) is 10.6. The number of anilines is 1. The Balaban J connectivity index is 2.22. The fourth-order valence-corrected chi connectivity index (χ4v) is 6.09. The van der Waals surface area contributed by atoms with Crippen molar-refractivity contribution in [3.05, 3.63) is 29.8 Å². The van der Waals surface area contributed by atoms with Crippen LogP contribution in [0.3, 0.4) is 0 Å². The molecule has 0 aromatic heterocycles. The molecule has 0 saturated carbocycles. The van der Waals surface area contributed by atoms with Gasteiger partial charge in [-0.05, 0) is 24.6 Å². The average Bonchev–Trinajstić information content (AvgIpc) is 2.69. The molecule has 1 unspecified atom stereocenters. The molecule has 1 aromatic carbocycles. The minimum Gasteiger partial charge on any atom is -0.283 e. The van der Waals surface area contributed by atoms with Gasteiger partial charge in [0.05, 0.1) is 22.3 Å². The lowest BCUT2D eigenvalue weighted by atomic mass is 10.2. The first-order chi connectivity index (χ1) is 9.50. The molecule has 1 aliphatic heterocycles. The predicted octanol–water partition coefficient (Wildman–Crippen LogP) is 1.63. The molecular weight excluding hydrogens is 331 g/mol. The van der Waals surface area contributed by atoms with Crippen LogP contribution < -0.4 is 4.72 Å². The van der Waals surface area contributed by atoms with Gasteiger partial charge in [-0.3, -0.25) is 4.72 Å². The third-order valence-corrected chi connectivity index (χ3v) is 6.86. The van der Waals surface area contributed by atoms with E-state index < -0.39 is 42.6 Å². The summed E-state index contributed by atoms with van der Waals surface area (Å²) < 4.78 is 86.2. The summed E-state index contributed by atoms with van der Waals surface area (Å²) in [5.41, 5.74) is -1.23. The Kier molecular flexibility index (Phi) is 3.96. The fraction of sp³-hybridized carbons (Fsp3) is 0.455. The van der Waals surface area contributed by atoms with Crippen molar-refractivity contribution >= 4 is 25.5 Å². The van der Waals surface area contributed by atoms with Crippen molar-refractivity contribution in [1.82, 2.24) is 0 Å². The van der Waals surface area contributed by atoms with Crippen LogP contribution in [0.25, 0.3) is 0 Å². The Hall–Kier alpha value is -1.29. The van der Waals surface area contributed by atoms with Crippen molar-refractivity contribution in [1.29, 1.82) is 0 Å². The van der Waals surface area contributed by atoms with Gasteiger partial charge in [0.25, 0.3) is 0 Å². The first kappa shape index (κ1) is 16.1. The Morgan fingerprint density at radius 2 is 1.90 bits per heavy atom. The van der Waals surface area contributed by atoms with E-state index in [0.717, 1.165) is 12.1 Å². The topological polar surface area (TPSA) is 80.3 Å². The minimum absolute atomic E-state index is 0.0589. The minimum atomic E-state index is -4.59. The number of rotatable bonds is 3. The Morgan fingerprint density at radius 3 is 2.43 bits per heavy atom. The number of nitrogens with one attached hydrogen (secondary N) is 1. The summed E-state index contributed by atoms with van der Waals surface area (Å²) in [6.07, 6.45) is -4.64. The molecule has 0 spiro atoms. The first-order valence-corrected chi connectivity index (χ1v) is 9.26.